The van der Waals surface area contributed by atoms with Gasteiger partial charge in [0, 0.05) is 24.2 Å². The largest absolute Gasteiger partial charge is 0.394 e. The highest BCUT2D eigenvalue weighted by Crippen LogP contribution is 2.80. The highest BCUT2D eigenvalue weighted by atomic mass is 16.7. The van der Waals surface area contributed by atoms with Crippen LogP contribution in [-0.4, -0.2) is 123 Å². The summed E-state index contributed by atoms with van der Waals surface area (Å²) in [5, 5.41) is 64.3. The van der Waals surface area contributed by atoms with Crippen LogP contribution in [0.4, 0.5) is 0 Å². The fraction of sp³-hybridized carbons (Fsp3) is 0.950. The van der Waals surface area contributed by atoms with Crippen molar-refractivity contribution < 1.29 is 59.1 Å². The molecule has 0 aromatic rings. The van der Waals surface area contributed by atoms with Gasteiger partial charge in [-0.25, -0.2) is 0 Å². The Labute approximate surface area is 308 Å². The quantitative estimate of drug-likeness (QED) is 0.174. The van der Waals surface area contributed by atoms with Crippen LogP contribution in [0.15, 0.2) is 11.6 Å². The molecule has 8 aliphatic rings. The van der Waals surface area contributed by atoms with Gasteiger partial charge in [-0.05, 0) is 93.3 Å². The van der Waals surface area contributed by atoms with Gasteiger partial charge in [0.05, 0.1) is 37.6 Å². The maximum absolute atomic E-state index is 12.1. The maximum atomic E-state index is 12.1. The van der Waals surface area contributed by atoms with Crippen molar-refractivity contribution in [3.05, 3.63) is 11.6 Å². The summed E-state index contributed by atoms with van der Waals surface area (Å²) in [6, 6.07) is 0. The standard InChI is InChI=1S/C40H64O12/c1-20(2)14-21-15-38(7,46)32-22-8-9-26-36(5)12-11-27(35(3,4)25(36)10-13-37(26,6)39(22)18-40(32,52-21)48-19-39)50-33-30(45)31(23(42)17-47-33)51-34-29(44)28(43)24(16-41)49-34/h14,21-34,41-46H,8-13,15-19H2,1-7H3/t21-,22+,23-,24-,25-,26+,27-,28-,29+,30+,31-,32-,33-,34-,36-,37+,38-,39-,40-/m0/s1. The van der Waals surface area contributed by atoms with Gasteiger partial charge in [0.25, 0.3) is 0 Å². The second-order valence-corrected chi connectivity index (χ2v) is 19.7. The van der Waals surface area contributed by atoms with Gasteiger partial charge in [0.1, 0.15) is 36.6 Å². The van der Waals surface area contributed by atoms with E-state index in [-0.39, 0.29) is 46.4 Å². The van der Waals surface area contributed by atoms with E-state index in [1.807, 2.05) is 6.92 Å². The molecule has 6 N–H and O–H groups in total. The number of fused-ring (bicyclic) bond motifs is 4. The predicted molar refractivity (Wildman–Crippen MR) is 186 cm³/mol. The van der Waals surface area contributed by atoms with Crippen molar-refractivity contribution in [2.24, 2.45) is 45.3 Å². The normalized spacial score (nSPS) is 57.8. The van der Waals surface area contributed by atoms with Crippen LogP contribution < -0.4 is 0 Å². The molecule has 296 valence electrons. The van der Waals surface area contributed by atoms with Crippen LogP contribution in [0.1, 0.15) is 99.8 Å². The Hall–Kier alpha value is -0.740. The summed E-state index contributed by atoms with van der Waals surface area (Å²) in [5.41, 5.74) is 0.0593. The van der Waals surface area contributed by atoms with Crippen LogP contribution in [0.5, 0.6) is 0 Å². The minimum absolute atomic E-state index is 0.0239. The van der Waals surface area contributed by atoms with E-state index in [0.29, 0.717) is 30.8 Å². The van der Waals surface area contributed by atoms with Gasteiger partial charge in [0.2, 0.25) is 0 Å². The van der Waals surface area contributed by atoms with Gasteiger partial charge in [-0.3, -0.25) is 0 Å². The molecule has 0 aromatic heterocycles. The molecule has 19 atom stereocenters. The third-order valence-corrected chi connectivity index (χ3v) is 16.3. The summed E-state index contributed by atoms with van der Waals surface area (Å²) in [7, 11) is 0. The molecule has 4 aliphatic carbocycles. The first-order valence-corrected chi connectivity index (χ1v) is 19.9. The zero-order valence-corrected chi connectivity index (χ0v) is 32.1. The van der Waals surface area contributed by atoms with Crippen LogP contribution in [0.25, 0.3) is 0 Å². The highest BCUT2D eigenvalue weighted by Gasteiger charge is 2.80. The Morgan fingerprint density at radius 2 is 1.62 bits per heavy atom. The molecule has 2 spiro atoms. The second-order valence-electron chi connectivity index (χ2n) is 19.7. The first-order valence-electron chi connectivity index (χ1n) is 19.9. The van der Waals surface area contributed by atoms with Gasteiger partial charge >= 0.3 is 0 Å². The van der Waals surface area contributed by atoms with E-state index in [9.17, 15) is 30.6 Å². The van der Waals surface area contributed by atoms with Crippen molar-refractivity contribution in [3.63, 3.8) is 0 Å². The molecule has 0 amide bonds. The lowest BCUT2D eigenvalue weighted by Gasteiger charge is -2.70. The van der Waals surface area contributed by atoms with E-state index in [1.54, 1.807) is 0 Å². The Bertz CT molecular complexity index is 1400. The van der Waals surface area contributed by atoms with Gasteiger partial charge in [-0.15, -0.1) is 0 Å². The Kier molecular flexibility index (Phi) is 9.27. The number of rotatable bonds is 6. The molecule has 0 unspecified atom stereocenters. The van der Waals surface area contributed by atoms with E-state index in [0.717, 1.165) is 44.9 Å². The molecule has 0 radical (unpaired) electrons. The predicted octanol–water partition coefficient (Wildman–Crippen LogP) is 2.78. The van der Waals surface area contributed by atoms with E-state index in [4.69, 9.17) is 28.4 Å². The lowest BCUT2D eigenvalue weighted by Crippen LogP contribution is -2.67. The van der Waals surface area contributed by atoms with Gasteiger partial charge in [-0.2, -0.15) is 0 Å². The van der Waals surface area contributed by atoms with Crippen molar-refractivity contribution in [2.75, 3.05) is 19.8 Å². The molecule has 4 heterocycles. The number of aliphatic hydroxyl groups excluding tert-OH is 5. The molecule has 4 aliphatic heterocycles. The van der Waals surface area contributed by atoms with Crippen LogP contribution in [0.2, 0.25) is 0 Å². The van der Waals surface area contributed by atoms with E-state index in [2.05, 4.69) is 47.6 Å². The first kappa shape index (κ1) is 38.1. The average Bonchev–Trinajstić information content (AvgIpc) is 3.67. The van der Waals surface area contributed by atoms with E-state index in [1.165, 1.54) is 5.57 Å². The van der Waals surface area contributed by atoms with E-state index >= 15 is 0 Å². The molecule has 4 saturated carbocycles. The van der Waals surface area contributed by atoms with Crippen molar-refractivity contribution in [2.45, 2.75) is 173 Å². The molecule has 8 rings (SSSR count). The molecule has 52 heavy (non-hydrogen) atoms. The fourth-order valence-electron chi connectivity index (χ4n) is 14.2. The number of hydrogen-bond donors (Lipinski definition) is 6. The maximum Gasteiger partial charge on any atom is 0.187 e. The summed E-state index contributed by atoms with van der Waals surface area (Å²) in [6.07, 6.45) is -0.830. The number of allylic oxidation sites excluding steroid dienone is 1. The number of ether oxygens (including phenoxy) is 6. The minimum atomic E-state index is -1.45. The zero-order valence-electron chi connectivity index (χ0n) is 32.1. The Morgan fingerprint density at radius 1 is 0.865 bits per heavy atom. The van der Waals surface area contributed by atoms with Crippen molar-refractivity contribution in [1.29, 1.82) is 0 Å². The molecular weight excluding hydrogens is 672 g/mol. The minimum Gasteiger partial charge on any atom is -0.394 e. The SMILES string of the molecule is CC(C)=C[C@H]1C[C@](C)(O)[C@@H]2[C@H]3CC[C@@H]4[C@@]5(C)CC[C@H](O[C@@H]6OC[C@H](O)[C@H](O[C@@H]7O[C@@H](CO)[C@H](O)[C@H]7O)[C@H]6O)C(C)(C)[C@@H]5CC[C@@]4(C)[C@@]34CO[C@@]2(C4)O1. The van der Waals surface area contributed by atoms with Gasteiger partial charge in [0.15, 0.2) is 18.4 Å². The number of aliphatic hydroxyl groups is 6. The topological polar surface area (TPSA) is 177 Å². The lowest BCUT2D eigenvalue weighted by atomic mass is 9.35. The van der Waals surface area contributed by atoms with Crippen molar-refractivity contribution in [1.82, 2.24) is 0 Å². The Morgan fingerprint density at radius 3 is 2.31 bits per heavy atom. The lowest BCUT2D eigenvalue weighted by molar-refractivity contribution is -0.343. The van der Waals surface area contributed by atoms with Crippen LogP contribution in [0.3, 0.4) is 0 Å². The third kappa shape index (κ3) is 5.29. The molecule has 4 saturated heterocycles. The van der Waals surface area contributed by atoms with E-state index < -0.39 is 67.2 Å². The first-order chi connectivity index (χ1) is 24.3. The van der Waals surface area contributed by atoms with Crippen molar-refractivity contribution >= 4 is 0 Å². The summed E-state index contributed by atoms with van der Waals surface area (Å²) in [5.74, 6) is 0.373. The van der Waals surface area contributed by atoms with Gasteiger partial charge < -0.3 is 59.1 Å². The van der Waals surface area contributed by atoms with Crippen LogP contribution in [0, 0.1) is 45.3 Å². The molecule has 2 bridgehead atoms. The van der Waals surface area contributed by atoms with Crippen LogP contribution >= 0.6 is 0 Å². The Balaban J connectivity index is 0.999. The highest BCUT2D eigenvalue weighted by molar-refractivity contribution is 5.26. The molecular formula is C40H64O12. The molecule has 8 fully saturated rings. The second kappa shape index (κ2) is 12.6. The zero-order chi connectivity index (χ0) is 37.4. The smallest absolute Gasteiger partial charge is 0.187 e. The monoisotopic (exact) mass is 736 g/mol. The molecule has 12 nitrogen and oxygen atoms in total. The number of hydrogen-bond acceptors (Lipinski definition) is 12. The van der Waals surface area contributed by atoms with Crippen LogP contribution in [-0.2, 0) is 28.4 Å². The summed E-state index contributed by atoms with van der Waals surface area (Å²) < 4.78 is 37.6. The fourth-order valence-corrected chi connectivity index (χ4v) is 14.2. The van der Waals surface area contributed by atoms with Gasteiger partial charge in [-0.1, -0.05) is 39.3 Å². The molecule has 12 heteroatoms. The third-order valence-electron chi connectivity index (χ3n) is 16.3. The van der Waals surface area contributed by atoms with Crippen molar-refractivity contribution in [3.8, 4) is 0 Å². The summed E-state index contributed by atoms with van der Waals surface area (Å²) >= 11 is 0. The molecule has 0 aromatic carbocycles. The summed E-state index contributed by atoms with van der Waals surface area (Å²) in [4.78, 5) is 0. The average molecular weight is 737 g/mol. The summed E-state index contributed by atoms with van der Waals surface area (Å²) in [6.45, 7) is 15.8.